The molecule has 1 aromatic heterocycles. The molecule has 2 aromatic carbocycles. The number of rotatable bonds is 9. The lowest BCUT2D eigenvalue weighted by molar-refractivity contribution is -0.143. The van der Waals surface area contributed by atoms with Crippen LogP contribution in [0, 0.1) is 5.41 Å². The zero-order valence-corrected chi connectivity index (χ0v) is 27.6. The number of likely N-dealkylation sites (N-methyl/N-ethyl adjacent to an activating group) is 1. The summed E-state index contributed by atoms with van der Waals surface area (Å²) in [6.07, 6.45) is 2.88. The van der Waals surface area contributed by atoms with E-state index in [1.165, 1.54) is 13.4 Å². The SMILES string of the molecule is CN[C@@H](C)C(=O)N[C@H](C(=O)N1CCC[C@H]1C(=O)Nc1cc2c(Nc3ccc4c(c3)CC(=O)N4)ncnc2cc1OC)C(C)(C)C.Cl. The minimum atomic E-state index is -0.816. The van der Waals surface area contributed by atoms with Gasteiger partial charge in [0.2, 0.25) is 23.6 Å². The molecule has 3 heterocycles. The molecule has 3 atom stereocenters. The summed E-state index contributed by atoms with van der Waals surface area (Å²) >= 11 is 0. The number of hydrogen-bond donors (Lipinski definition) is 5. The van der Waals surface area contributed by atoms with Crippen LogP contribution in [0.3, 0.4) is 0 Å². The highest BCUT2D eigenvalue weighted by Gasteiger charge is 2.42. The maximum atomic E-state index is 13.8. The maximum absolute atomic E-state index is 13.8. The Hall–Kier alpha value is -4.49. The molecule has 0 unspecified atom stereocenters. The molecule has 246 valence electrons. The van der Waals surface area contributed by atoms with Gasteiger partial charge in [0.15, 0.2) is 0 Å². The summed E-state index contributed by atoms with van der Waals surface area (Å²) in [5.41, 5.74) is 2.84. The molecule has 0 radical (unpaired) electrons. The van der Waals surface area contributed by atoms with Gasteiger partial charge in [0.05, 0.1) is 30.8 Å². The van der Waals surface area contributed by atoms with E-state index in [0.29, 0.717) is 54.0 Å². The number of halogens is 1. The molecule has 4 amide bonds. The quantitative estimate of drug-likeness (QED) is 0.233. The number of methoxy groups -OCH3 is 1. The summed E-state index contributed by atoms with van der Waals surface area (Å²) in [5.74, 6) is -0.0844. The standard InChI is InChI=1S/C32H40N8O5.ClH/c1-17(33-5)29(42)39-27(32(2,3)4)31(44)40-11-7-8-24(40)30(43)38-23-14-20-22(15-25(23)45-6)34-16-35-28(20)36-19-9-10-21-18(12-19)13-26(41)37-21;/h9-10,12,14-17,24,27,33H,7-8,11,13H2,1-6H3,(H,37,41)(H,38,43)(H,39,42)(H,34,35,36);1H/t17-,24-,27+;/m0./s1. The Morgan fingerprint density at radius 3 is 2.59 bits per heavy atom. The average molecular weight is 653 g/mol. The number of nitrogens with one attached hydrogen (secondary N) is 5. The van der Waals surface area contributed by atoms with E-state index < -0.39 is 23.5 Å². The van der Waals surface area contributed by atoms with E-state index in [1.807, 2.05) is 39.0 Å². The zero-order valence-electron chi connectivity index (χ0n) is 26.8. The summed E-state index contributed by atoms with van der Waals surface area (Å²) in [6.45, 7) is 7.78. The molecular formula is C32H41ClN8O5. The van der Waals surface area contributed by atoms with Crippen molar-refractivity contribution < 1.29 is 23.9 Å². The van der Waals surface area contributed by atoms with Gasteiger partial charge in [-0.15, -0.1) is 12.4 Å². The second-order valence-electron chi connectivity index (χ2n) is 12.5. The van der Waals surface area contributed by atoms with Crippen molar-refractivity contribution in [2.75, 3.05) is 36.7 Å². The van der Waals surface area contributed by atoms with Crippen LogP contribution in [0.2, 0.25) is 0 Å². The van der Waals surface area contributed by atoms with Crippen molar-refractivity contribution in [3.8, 4) is 5.75 Å². The van der Waals surface area contributed by atoms with Crippen molar-refractivity contribution >= 4 is 69.8 Å². The molecule has 1 fully saturated rings. The molecule has 2 aliphatic rings. The maximum Gasteiger partial charge on any atom is 0.247 e. The molecule has 0 aliphatic carbocycles. The van der Waals surface area contributed by atoms with Crippen LogP contribution in [0.1, 0.15) is 46.1 Å². The van der Waals surface area contributed by atoms with E-state index in [4.69, 9.17) is 4.74 Å². The van der Waals surface area contributed by atoms with Crippen LogP contribution in [0.25, 0.3) is 10.9 Å². The average Bonchev–Trinajstić information content (AvgIpc) is 3.64. The summed E-state index contributed by atoms with van der Waals surface area (Å²) in [5, 5.41) is 15.5. The Morgan fingerprint density at radius 1 is 1.13 bits per heavy atom. The fraction of sp³-hybridized carbons (Fsp3) is 0.438. The Bertz CT molecular complexity index is 1660. The van der Waals surface area contributed by atoms with E-state index in [9.17, 15) is 19.2 Å². The number of nitrogens with zero attached hydrogens (tertiary/aromatic N) is 3. The number of anilines is 4. The molecule has 2 aliphatic heterocycles. The second kappa shape index (κ2) is 13.9. The second-order valence-corrected chi connectivity index (χ2v) is 12.5. The number of aromatic nitrogens is 2. The fourth-order valence-corrected chi connectivity index (χ4v) is 5.63. The number of benzene rings is 2. The number of fused-ring (bicyclic) bond motifs is 2. The summed E-state index contributed by atoms with van der Waals surface area (Å²) < 4.78 is 5.60. The fourth-order valence-electron chi connectivity index (χ4n) is 5.63. The predicted octanol–water partition coefficient (Wildman–Crippen LogP) is 3.37. The normalized spacial score (nSPS) is 17.0. The van der Waals surface area contributed by atoms with Crippen molar-refractivity contribution in [3.05, 3.63) is 42.2 Å². The van der Waals surface area contributed by atoms with Crippen LogP contribution in [0.5, 0.6) is 5.75 Å². The first kappa shape index (κ1) is 34.4. The summed E-state index contributed by atoms with van der Waals surface area (Å²) in [7, 11) is 3.18. The molecular weight excluding hydrogens is 612 g/mol. The Morgan fingerprint density at radius 2 is 1.89 bits per heavy atom. The van der Waals surface area contributed by atoms with Crippen LogP contribution >= 0.6 is 12.4 Å². The molecule has 14 heteroatoms. The Kier molecular flexibility index (Phi) is 10.4. The third-order valence-corrected chi connectivity index (χ3v) is 8.27. The Labute approximate surface area is 274 Å². The highest BCUT2D eigenvalue weighted by molar-refractivity contribution is 6.03. The molecule has 46 heavy (non-hydrogen) atoms. The van der Waals surface area contributed by atoms with Gasteiger partial charge in [0, 0.05) is 29.4 Å². The minimum absolute atomic E-state index is 0. The van der Waals surface area contributed by atoms with E-state index in [0.717, 1.165) is 16.9 Å². The minimum Gasteiger partial charge on any atom is -0.494 e. The van der Waals surface area contributed by atoms with Gasteiger partial charge in [-0.05, 0) is 62.1 Å². The predicted molar refractivity (Wildman–Crippen MR) is 179 cm³/mol. The monoisotopic (exact) mass is 652 g/mol. The van der Waals surface area contributed by atoms with Crippen molar-refractivity contribution in [1.29, 1.82) is 0 Å². The van der Waals surface area contributed by atoms with Gasteiger partial charge in [0.25, 0.3) is 0 Å². The first-order chi connectivity index (χ1) is 21.4. The van der Waals surface area contributed by atoms with Crippen LogP contribution in [0.15, 0.2) is 36.7 Å². The van der Waals surface area contributed by atoms with Crippen LogP contribution in [0.4, 0.5) is 22.9 Å². The van der Waals surface area contributed by atoms with Crippen LogP contribution in [-0.4, -0.2) is 77.3 Å². The van der Waals surface area contributed by atoms with Crippen LogP contribution < -0.4 is 31.3 Å². The van der Waals surface area contributed by atoms with Crippen molar-refractivity contribution in [3.63, 3.8) is 0 Å². The number of likely N-dealkylation sites (tertiary alicyclic amines) is 1. The van der Waals surface area contributed by atoms with Gasteiger partial charge >= 0.3 is 0 Å². The Balaban J connectivity index is 0.00000480. The van der Waals surface area contributed by atoms with Crippen LogP contribution in [-0.2, 0) is 25.6 Å². The van der Waals surface area contributed by atoms with Gasteiger partial charge in [-0.1, -0.05) is 20.8 Å². The van der Waals surface area contributed by atoms with Gasteiger partial charge in [0.1, 0.15) is 30.0 Å². The third kappa shape index (κ3) is 7.15. The highest BCUT2D eigenvalue weighted by Crippen LogP contribution is 2.35. The number of carbonyl (C=O) groups excluding carboxylic acids is 4. The molecule has 0 bridgehead atoms. The van der Waals surface area contributed by atoms with E-state index >= 15 is 0 Å². The van der Waals surface area contributed by atoms with Crippen molar-refractivity contribution in [1.82, 2.24) is 25.5 Å². The molecule has 3 aromatic rings. The molecule has 13 nitrogen and oxygen atoms in total. The lowest BCUT2D eigenvalue weighted by Crippen LogP contribution is -2.59. The molecule has 1 saturated heterocycles. The van der Waals surface area contributed by atoms with E-state index in [-0.39, 0.29) is 36.0 Å². The lowest BCUT2D eigenvalue weighted by atomic mass is 9.85. The third-order valence-electron chi connectivity index (χ3n) is 8.27. The summed E-state index contributed by atoms with van der Waals surface area (Å²) in [6, 6.07) is 7.02. The molecule has 5 N–H and O–H groups in total. The summed E-state index contributed by atoms with van der Waals surface area (Å²) in [4.78, 5) is 62.5. The van der Waals surface area contributed by atoms with E-state index in [2.05, 4.69) is 36.6 Å². The zero-order chi connectivity index (χ0) is 32.5. The van der Waals surface area contributed by atoms with E-state index in [1.54, 1.807) is 31.0 Å². The van der Waals surface area contributed by atoms with Crippen molar-refractivity contribution in [2.24, 2.45) is 5.41 Å². The highest BCUT2D eigenvalue weighted by atomic mass is 35.5. The number of hydrogen-bond acceptors (Lipinski definition) is 9. The largest absolute Gasteiger partial charge is 0.494 e. The smallest absolute Gasteiger partial charge is 0.247 e. The lowest BCUT2D eigenvalue weighted by Gasteiger charge is -2.36. The van der Waals surface area contributed by atoms with Crippen molar-refractivity contribution in [2.45, 2.75) is 65.1 Å². The van der Waals surface area contributed by atoms with Gasteiger partial charge in [-0.25, -0.2) is 9.97 Å². The number of ether oxygens (including phenoxy) is 1. The first-order valence-corrected chi connectivity index (χ1v) is 15.0. The molecule has 0 saturated carbocycles. The molecule has 5 rings (SSSR count). The first-order valence-electron chi connectivity index (χ1n) is 15.0. The number of amides is 4. The van der Waals surface area contributed by atoms with Gasteiger partial charge in [-0.2, -0.15) is 0 Å². The van der Waals surface area contributed by atoms with Gasteiger partial charge in [-0.3, -0.25) is 19.2 Å². The topological polar surface area (TPSA) is 167 Å². The molecule has 0 spiro atoms. The van der Waals surface area contributed by atoms with Gasteiger partial charge < -0.3 is 36.2 Å². The number of carbonyl (C=O) groups is 4.